The number of halogens is 1. The van der Waals surface area contributed by atoms with Crippen LogP contribution in [-0.2, 0) is 0 Å². The molecule has 0 saturated carbocycles. The molecule has 0 aromatic heterocycles. The summed E-state index contributed by atoms with van der Waals surface area (Å²) in [7, 11) is 1.68. The van der Waals surface area contributed by atoms with Gasteiger partial charge in [-0.05, 0) is 55.0 Å². The number of nitrogens with zero attached hydrogens (tertiary/aromatic N) is 1. The van der Waals surface area contributed by atoms with E-state index < -0.39 is 6.10 Å². The monoisotopic (exact) mass is 391 g/mol. The first-order valence-electron chi connectivity index (χ1n) is 9.34. The van der Waals surface area contributed by atoms with E-state index in [0.717, 1.165) is 43.2 Å². The minimum atomic E-state index is -0.484. The highest BCUT2D eigenvalue weighted by Crippen LogP contribution is 2.22. The summed E-state index contributed by atoms with van der Waals surface area (Å²) in [5.41, 5.74) is 2.20. The zero-order valence-corrected chi connectivity index (χ0v) is 16.7. The van der Waals surface area contributed by atoms with Crippen LogP contribution >= 0.6 is 11.6 Å². The molecule has 0 radical (unpaired) electrons. The van der Waals surface area contributed by atoms with Crippen molar-refractivity contribution in [2.24, 2.45) is 0 Å². The molecule has 0 aliphatic carbocycles. The molecule has 146 valence electrons. The van der Waals surface area contributed by atoms with Crippen molar-refractivity contribution >= 4 is 17.3 Å². The van der Waals surface area contributed by atoms with Crippen molar-refractivity contribution in [2.75, 3.05) is 51.3 Å². The molecule has 1 aliphatic rings. The third kappa shape index (κ3) is 5.51. The van der Waals surface area contributed by atoms with E-state index in [-0.39, 0.29) is 0 Å². The molecule has 0 bridgehead atoms. The molecule has 1 heterocycles. The lowest BCUT2D eigenvalue weighted by Gasteiger charge is -2.34. The zero-order valence-electron chi connectivity index (χ0n) is 16.0. The van der Waals surface area contributed by atoms with Gasteiger partial charge < -0.3 is 24.4 Å². The zero-order chi connectivity index (χ0) is 19.2. The standard InChI is InChI=1S/C21H27ClN2O3/c1-16-13-17(22)3-8-21(16)27-15-19(25)14-23-9-11-24(12-10-23)18-4-6-20(26-2)7-5-18/h3-8,13,19,25H,9-12,14-15H2,1-2H3/p+1/t19-/m0/s1. The van der Waals surface area contributed by atoms with E-state index in [2.05, 4.69) is 17.0 Å². The van der Waals surface area contributed by atoms with Gasteiger partial charge in [-0.15, -0.1) is 0 Å². The van der Waals surface area contributed by atoms with Crippen molar-refractivity contribution in [3.8, 4) is 11.5 Å². The summed E-state index contributed by atoms with van der Waals surface area (Å²) in [5.74, 6) is 1.65. The van der Waals surface area contributed by atoms with Crippen LogP contribution in [-0.4, -0.2) is 57.7 Å². The number of anilines is 1. The third-order valence-corrected chi connectivity index (χ3v) is 5.24. The molecule has 2 aromatic carbocycles. The number of aliphatic hydroxyl groups excluding tert-OH is 1. The predicted octanol–water partition coefficient (Wildman–Crippen LogP) is 1.80. The van der Waals surface area contributed by atoms with E-state index in [0.29, 0.717) is 18.2 Å². The fourth-order valence-corrected chi connectivity index (χ4v) is 3.66. The Bertz CT molecular complexity index is 731. The minimum Gasteiger partial charge on any atom is -0.497 e. The molecular weight excluding hydrogens is 364 g/mol. The van der Waals surface area contributed by atoms with E-state index in [1.165, 1.54) is 10.6 Å². The molecule has 1 aliphatic heterocycles. The Hall–Kier alpha value is -1.95. The van der Waals surface area contributed by atoms with E-state index in [1.807, 2.05) is 31.2 Å². The summed E-state index contributed by atoms with van der Waals surface area (Å²) in [6.07, 6.45) is -0.484. The predicted molar refractivity (Wildman–Crippen MR) is 108 cm³/mol. The maximum absolute atomic E-state index is 10.3. The third-order valence-electron chi connectivity index (χ3n) is 5.00. The van der Waals surface area contributed by atoms with Crippen molar-refractivity contribution in [3.05, 3.63) is 53.1 Å². The quantitative estimate of drug-likeness (QED) is 0.755. The molecule has 2 N–H and O–H groups in total. The number of aryl methyl sites for hydroxylation is 1. The topological polar surface area (TPSA) is 46.4 Å². The highest BCUT2D eigenvalue weighted by molar-refractivity contribution is 6.30. The Morgan fingerprint density at radius 3 is 2.48 bits per heavy atom. The highest BCUT2D eigenvalue weighted by Gasteiger charge is 2.23. The van der Waals surface area contributed by atoms with Crippen LogP contribution in [0, 0.1) is 6.92 Å². The average Bonchev–Trinajstić information content (AvgIpc) is 2.68. The number of methoxy groups -OCH3 is 1. The average molecular weight is 392 g/mol. The van der Waals surface area contributed by atoms with Gasteiger partial charge in [0.2, 0.25) is 0 Å². The van der Waals surface area contributed by atoms with Crippen LogP contribution in [0.1, 0.15) is 5.56 Å². The summed E-state index contributed by atoms with van der Waals surface area (Å²) in [6.45, 7) is 6.91. The van der Waals surface area contributed by atoms with Crippen molar-refractivity contribution in [1.82, 2.24) is 0 Å². The molecule has 27 heavy (non-hydrogen) atoms. The molecule has 0 amide bonds. The van der Waals surface area contributed by atoms with Gasteiger partial charge in [0.25, 0.3) is 0 Å². The lowest BCUT2D eigenvalue weighted by molar-refractivity contribution is -0.903. The number of benzene rings is 2. The molecule has 3 rings (SSSR count). The Balaban J connectivity index is 1.42. The molecule has 2 aromatic rings. The Labute approximate surface area is 166 Å². The van der Waals surface area contributed by atoms with Crippen molar-refractivity contribution in [2.45, 2.75) is 13.0 Å². The largest absolute Gasteiger partial charge is 0.497 e. The number of quaternary nitrogens is 1. The van der Waals surface area contributed by atoms with Gasteiger partial charge in [0, 0.05) is 10.7 Å². The first-order chi connectivity index (χ1) is 13.0. The Kier molecular flexibility index (Phi) is 6.83. The van der Waals surface area contributed by atoms with Crippen LogP contribution in [0.25, 0.3) is 0 Å². The van der Waals surface area contributed by atoms with Gasteiger partial charge in [0.05, 0.1) is 33.3 Å². The summed E-state index contributed by atoms with van der Waals surface area (Å²) in [4.78, 5) is 3.78. The number of nitrogens with one attached hydrogen (secondary N) is 1. The second kappa shape index (κ2) is 9.31. The lowest BCUT2D eigenvalue weighted by atomic mass is 10.2. The molecule has 0 unspecified atom stereocenters. The Morgan fingerprint density at radius 2 is 1.85 bits per heavy atom. The van der Waals surface area contributed by atoms with Crippen LogP contribution in [0.3, 0.4) is 0 Å². The van der Waals surface area contributed by atoms with Crippen molar-refractivity contribution in [3.63, 3.8) is 0 Å². The smallest absolute Gasteiger partial charge is 0.137 e. The van der Waals surface area contributed by atoms with Crippen LogP contribution in [0.15, 0.2) is 42.5 Å². The number of hydrogen-bond acceptors (Lipinski definition) is 4. The Morgan fingerprint density at radius 1 is 1.15 bits per heavy atom. The van der Waals surface area contributed by atoms with Crippen molar-refractivity contribution in [1.29, 1.82) is 0 Å². The van der Waals surface area contributed by atoms with Gasteiger partial charge in [-0.2, -0.15) is 0 Å². The SMILES string of the molecule is COc1ccc(N2CC[NH+](C[C@H](O)COc3ccc(Cl)cc3C)CC2)cc1. The molecule has 1 fully saturated rings. The number of aliphatic hydroxyl groups is 1. The van der Waals surface area contributed by atoms with Gasteiger partial charge in [-0.1, -0.05) is 11.6 Å². The first-order valence-corrected chi connectivity index (χ1v) is 9.72. The molecule has 1 atom stereocenters. The van der Waals surface area contributed by atoms with Crippen LogP contribution in [0.2, 0.25) is 5.02 Å². The van der Waals surface area contributed by atoms with Crippen LogP contribution in [0.4, 0.5) is 5.69 Å². The van der Waals surface area contributed by atoms with Crippen molar-refractivity contribution < 1.29 is 19.5 Å². The van der Waals surface area contributed by atoms with Gasteiger partial charge in [0.15, 0.2) is 0 Å². The summed E-state index contributed by atoms with van der Waals surface area (Å²) in [5, 5.41) is 11.0. The lowest BCUT2D eigenvalue weighted by Crippen LogP contribution is -3.16. The maximum atomic E-state index is 10.3. The first kappa shape index (κ1) is 19.8. The fraction of sp³-hybridized carbons (Fsp3) is 0.429. The molecule has 0 spiro atoms. The van der Waals surface area contributed by atoms with Crippen LogP contribution < -0.4 is 19.3 Å². The molecule has 1 saturated heterocycles. The number of rotatable bonds is 7. The normalized spacial score (nSPS) is 16.2. The number of piperazine rings is 1. The van der Waals surface area contributed by atoms with E-state index >= 15 is 0 Å². The number of hydrogen-bond donors (Lipinski definition) is 2. The molecular formula is C21H28ClN2O3+. The second-order valence-corrected chi connectivity index (χ2v) is 7.45. The minimum absolute atomic E-state index is 0.300. The fourth-order valence-electron chi connectivity index (χ4n) is 3.43. The van der Waals surface area contributed by atoms with Gasteiger partial charge in [-0.25, -0.2) is 0 Å². The van der Waals surface area contributed by atoms with Gasteiger partial charge in [0.1, 0.15) is 30.8 Å². The highest BCUT2D eigenvalue weighted by atomic mass is 35.5. The summed E-state index contributed by atoms with van der Waals surface area (Å²) >= 11 is 5.96. The molecule has 6 heteroatoms. The molecule has 5 nitrogen and oxygen atoms in total. The van der Waals surface area contributed by atoms with Gasteiger partial charge >= 0.3 is 0 Å². The van der Waals surface area contributed by atoms with E-state index in [1.54, 1.807) is 13.2 Å². The second-order valence-electron chi connectivity index (χ2n) is 7.01. The van der Waals surface area contributed by atoms with Gasteiger partial charge in [-0.3, -0.25) is 0 Å². The van der Waals surface area contributed by atoms with E-state index in [4.69, 9.17) is 21.1 Å². The van der Waals surface area contributed by atoms with Crippen LogP contribution in [0.5, 0.6) is 11.5 Å². The maximum Gasteiger partial charge on any atom is 0.137 e. The summed E-state index contributed by atoms with van der Waals surface area (Å²) in [6, 6.07) is 13.7. The summed E-state index contributed by atoms with van der Waals surface area (Å²) < 4.78 is 11.0. The van der Waals surface area contributed by atoms with E-state index in [9.17, 15) is 5.11 Å². The number of ether oxygens (including phenoxy) is 2.